The van der Waals surface area contributed by atoms with E-state index in [9.17, 15) is 8.78 Å². The molecule has 2 nitrogen and oxygen atoms in total. The zero-order valence-corrected chi connectivity index (χ0v) is 12.8. The minimum absolute atomic E-state index is 0.271. The van der Waals surface area contributed by atoms with Crippen LogP contribution in [0.15, 0.2) is 30.3 Å². The van der Waals surface area contributed by atoms with Crippen molar-refractivity contribution in [3.8, 4) is 0 Å². The molecule has 6 heteroatoms. The molecule has 1 unspecified atom stereocenters. The molecule has 0 spiro atoms. The highest BCUT2D eigenvalue weighted by atomic mass is 35.5. The maximum absolute atomic E-state index is 14.0. The summed E-state index contributed by atoms with van der Waals surface area (Å²) in [4.78, 5) is 0. The second-order valence-electron chi connectivity index (χ2n) is 4.75. The van der Waals surface area contributed by atoms with Crippen LogP contribution in [0.1, 0.15) is 22.7 Å². The average Bonchev–Trinajstić information content (AvgIpc) is 2.43. The molecule has 0 fully saturated rings. The van der Waals surface area contributed by atoms with Gasteiger partial charge in [0.2, 0.25) is 0 Å². The summed E-state index contributed by atoms with van der Waals surface area (Å²) in [6.45, 7) is 1.56. The highest BCUT2D eigenvalue weighted by Gasteiger charge is 2.19. The Morgan fingerprint density at radius 3 is 2.33 bits per heavy atom. The molecule has 0 amide bonds. The minimum atomic E-state index is -0.663. The van der Waals surface area contributed by atoms with Crippen molar-refractivity contribution in [1.82, 2.24) is 5.43 Å². The molecule has 0 saturated carbocycles. The van der Waals surface area contributed by atoms with Gasteiger partial charge in [-0.3, -0.25) is 11.3 Å². The number of aryl methyl sites for hydroxylation is 1. The molecule has 0 heterocycles. The molecule has 1 atom stereocenters. The van der Waals surface area contributed by atoms with Crippen LogP contribution >= 0.6 is 23.2 Å². The van der Waals surface area contributed by atoms with Crippen LogP contribution in [0.25, 0.3) is 0 Å². The number of benzene rings is 2. The van der Waals surface area contributed by atoms with E-state index in [-0.39, 0.29) is 12.0 Å². The maximum atomic E-state index is 14.0. The van der Waals surface area contributed by atoms with Crippen LogP contribution in [-0.2, 0) is 6.42 Å². The first-order valence-corrected chi connectivity index (χ1v) is 7.04. The van der Waals surface area contributed by atoms with Crippen molar-refractivity contribution in [3.63, 3.8) is 0 Å². The summed E-state index contributed by atoms with van der Waals surface area (Å²) in [5, 5.41) is 0.948. The summed E-state index contributed by atoms with van der Waals surface area (Å²) in [6.07, 6.45) is 0.289. The van der Waals surface area contributed by atoms with Crippen molar-refractivity contribution < 1.29 is 8.78 Å². The van der Waals surface area contributed by atoms with Crippen LogP contribution < -0.4 is 11.3 Å². The van der Waals surface area contributed by atoms with Crippen molar-refractivity contribution in [1.29, 1.82) is 0 Å². The highest BCUT2D eigenvalue weighted by molar-refractivity contribution is 6.36. The van der Waals surface area contributed by atoms with Gasteiger partial charge in [0.05, 0.1) is 6.04 Å². The van der Waals surface area contributed by atoms with Gasteiger partial charge in [-0.25, -0.2) is 8.78 Å². The van der Waals surface area contributed by atoms with Gasteiger partial charge >= 0.3 is 0 Å². The monoisotopic (exact) mass is 330 g/mol. The number of nitrogens with two attached hydrogens (primary N) is 1. The van der Waals surface area contributed by atoms with Crippen molar-refractivity contribution in [3.05, 3.63) is 68.7 Å². The van der Waals surface area contributed by atoms with Gasteiger partial charge in [-0.1, -0.05) is 29.3 Å². The molecular formula is C15H14Cl2F2N2. The zero-order chi connectivity index (χ0) is 15.6. The standard InChI is InChI=1S/C15H14Cl2F2N2/c1-8-5-10(14(19)7-13(8)18)15(21-20)6-9-11(16)3-2-4-12(9)17/h2-5,7,15,21H,6,20H2,1H3. The predicted octanol–water partition coefficient (Wildman–Crippen LogP) is 4.33. The molecule has 0 aromatic heterocycles. The third-order valence-electron chi connectivity index (χ3n) is 3.32. The number of hydrogen-bond acceptors (Lipinski definition) is 2. The number of halogens is 4. The molecule has 0 aliphatic rings. The average molecular weight is 331 g/mol. The smallest absolute Gasteiger partial charge is 0.130 e. The van der Waals surface area contributed by atoms with Gasteiger partial charge in [0.15, 0.2) is 0 Å². The first-order chi connectivity index (χ1) is 9.93. The molecule has 0 saturated heterocycles. The fourth-order valence-electron chi connectivity index (χ4n) is 2.14. The summed E-state index contributed by atoms with van der Waals surface area (Å²) in [6, 6.07) is 6.83. The van der Waals surface area contributed by atoms with Crippen molar-refractivity contribution in [2.45, 2.75) is 19.4 Å². The van der Waals surface area contributed by atoms with E-state index in [2.05, 4.69) is 5.43 Å². The van der Waals surface area contributed by atoms with Crippen LogP contribution in [0.3, 0.4) is 0 Å². The van der Waals surface area contributed by atoms with Gasteiger partial charge in [-0.05, 0) is 42.7 Å². The predicted molar refractivity (Wildman–Crippen MR) is 81.3 cm³/mol. The van der Waals surface area contributed by atoms with Gasteiger partial charge in [-0.15, -0.1) is 0 Å². The second kappa shape index (κ2) is 6.71. The topological polar surface area (TPSA) is 38.0 Å². The first kappa shape index (κ1) is 16.2. The Bertz CT molecular complexity index is 642. The van der Waals surface area contributed by atoms with E-state index in [1.165, 1.54) is 6.07 Å². The Labute approximate surface area is 131 Å². The summed E-state index contributed by atoms with van der Waals surface area (Å²) in [5.74, 6) is 4.26. The van der Waals surface area contributed by atoms with Crippen molar-refractivity contribution in [2.24, 2.45) is 5.84 Å². The molecule has 0 radical (unpaired) electrons. The van der Waals surface area contributed by atoms with Crippen LogP contribution in [-0.4, -0.2) is 0 Å². The molecule has 2 rings (SSSR count). The van der Waals surface area contributed by atoms with E-state index >= 15 is 0 Å². The largest absolute Gasteiger partial charge is 0.271 e. The molecule has 3 N–H and O–H groups in total. The van der Waals surface area contributed by atoms with Gasteiger partial charge in [-0.2, -0.15) is 0 Å². The minimum Gasteiger partial charge on any atom is -0.271 e. The zero-order valence-electron chi connectivity index (χ0n) is 11.3. The van der Waals surface area contributed by atoms with Crippen LogP contribution in [0, 0.1) is 18.6 Å². The van der Waals surface area contributed by atoms with E-state index in [0.717, 1.165) is 6.07 Å². The lowest BCUT2D eigenvalue weighted by molar-refractivity contribution is 0.500. The number of hydrogen-bond donors (Lipinski definition) is 2. The van der Waals surface area contributed by atoms with Crippen LogP contribution in [0.5, 0.6) is 0 Å². The molecule has 0 bridgehead atoms. The SMILES string of the molecule is Cc1cc(C(Cc2c(Cl)cccc2Cl)NN)c(F)cc1F. The van der Waals surface area contributed by atoms with E-state index < -0.39 is 17.7 Å². The maximum Gasteiger partial charge on any atom is 0.130 e. The Kier molecular flexibility index (Phi) is 5.17. The Hall–Kier alpha value is -1.20. The van der Waals surface area contributed by atoms with Crippen LogP contribution in [0.2, 0.25) is 10.0 Å². The fraction of sp³-hybridized carbons (Fsp3) is 0.200. The third kappa shape index (κ3) is 3.52. The first-order valence-electron chi connectivity index (χ1n) is 6.28. The quantitative estimate of drug-likeness (QED) is 0.647. The molecule has 21 heavy (non-hydrogen) atoms. The van der Waals surface area contributed by atoms with E-state index in [1.54, 1.807) is 25.1 Å². The van der Waals surface area contributed by atoms with Crippen molar-refractivity contribution in [2.75, 3.05) is 0 Å². The summed E-state index contributed by atoms with van der Waals surface area (Å²) >= 11 is 12.2. The van der Waals surface area contributed by atoms with Gasteiger partial charge in [0.1, 0.15) is 11.6 Å². The lowest BCUT2D eigenvalue weighted by atomic mass is 9.97. The number of nitrogens with one attached hydrogen (secondary N) is 1. The molecular weight excluding hydrogens is 317 g/mol. The third-order valence-corrected chi connectivity index (χ3v) is 4.03. The van der Waals surface area contributed by atoms with Crippen molar-refractivity contribution >= 4 is 23.2 Å². The normalized spacial score (nSPS) is 12.5. The number of rotatable bonds is 4. The Morgan fingerprint density at radius 2 is 1.76 bits per heavy atom. The van der Waals surface area contributed by atoms with Gasteiger partial charge in [0.25, 0.3) is 0 Å². The lowest BCUT2D eigenvalue weighted by Crippen LogP contribution is -2.30. The summed E-state index contributed by atoms with van der Waals surface area (Å²) in [7, 11) is 0. The lowest BCUT2D eigenvalue weighted by Gasteiger charge is -2.19. The fourth-order valence-corrected chi connectivity index (χ4v) is 2.69. The molecule has 2 aromatic rings. The van der Waals surface area contributed by atoms with E-state index in [1.807, 2.05) is 0 Å². The second-order valence-corrected chi connectivity index (χ2v) is 5.56. The Morgan fingerprint density at radius 1 is 1.14 bits per heavy atom. The van der Waals surface area contributed by atoms with Gasteiger partial charge < -0.3 is 0 Å². The molecule has 0 aliphatic heterocycles. The summed E-state index contributed by atoms with van der Waals surface area (Å²) in [5.41, 5.74) is 3.80. The van der Waals surface area contributed by atoms with E-state index in [4.69, 9.17) is 29.0 Å². The number of hydrazine groups is 1. The highest BCUT2D eigenvalue weighted by Crippen LogP contribution is 2.30. The summed E-state index contributed by atoms with van der Waals surface area (Å²) < 4.78 is 27.3. The molecule has 0 aliphatic carbocycles. The van der Waals surface area contributed by atoms with Gasteiger partial charge in [0, 0.05) is 21.7 Å². The molecule has 2 aromatic carbocycles. The Balaban J connectivity index is 2.39. The van der Waals surface area contributed by atoms with E-state index in [0.29, 0.717) is 21.2 Å². The van der Waals surface area contributed by atoms with Crippen LogP contribution in [0.4, 0.5) is 8.78 Å². The molecule has 112 valence electrons.